The summed E-state index contributed by atoms with van der Waals surface area (Å²) in [5.41, 5.74) is 1.32. The van der Waals surface area contributed by atoms with E-state index in [2.05, 4.69) is 60.1 Å². The summed E-state index contributed by atoms with van der Waals surface area (Å²) in [4.78, 5) is 9.37. The van der Waals surface area contributed by atoms with Gasteiger partial charge in [0.15, 0.2) is 0 Å². The number of likely N-dealkylation sites (N-methyl/N-ethyl adjacent to an activating group) is 1. The molecule has 0 saturated carbocycles. The molecule has 1 atom stereocenters. The Morgan fingerprint density at radius 3 is 2.90 bits per heavy atom. The van der Waals surface area contributed by atoms with Crippen LogP contribution >= 0.6 is 0 Å². The van der Waals surface area contributed by atoms with Crippen molar-refractivity contribution in [1.82, 2.24) is 15.2 Å². The van der Waals surface area contributed by atoms with E-state index in [1.807, 2.05) is 6.20 Å². The standard InChI is InChI=1S/C16H28N4/c1-13(2)10-17-11-15-5-6-18-16(9-15)20-8-7-19(4)12-14(20)3/h5-6,9,13-14,17H,7-8,10-12H2,1-4H3. The predicted octanol–water partition coefficient (Wildman–Crippen LogP) is 1.97. The van der Waals surface area contributed by atoms with Crippen LogP contribution in [0.2, 0.25) is 0 Å². The molecule has 1 aliphatic heterocycles. The summed E-state index contributed by atoms with van der Waals surface area (Å²) < 4.78 is 0. The molecule has 1 aliphatic rings. The Morgan fingerprint density at radius 1 is 1.40 bits per heavy atom. The average Bonchev–Trinajstić information content (AvgIpc) is 2.38. The molecule has 0 aliphatic carbocycles. The third-order valence-corrected chi connectivity index (χ3v) is 3.82. The number of nitrogens with one attached hydrogen (secondary N) is 1. The molecule has 4 nitrogen and oxygen atoms in total. The van der Waals surface area contributed by atoms with Crippen LogP contribution in [0, 0.1) is 5.92 Å². The van der Waals surface area contributed by atoms with Gasteiger partial charge in [-0.15, -0.1) is 0 Å². The van der Waals surface area contributed by atoms with Crippen LogP contribution in [0.15, 0.2) is 18.3 Å². The first-order valence-corrected chi connectivity index (χ1v) is 7.67. The van der Waals surface area contributed by atoms with E-state index in [-0.39, 0.29) is 0 Å². The molecule has 0 radical (unpaired) electrons. The third kappa shape index (κ3) is 4.18. The molecular formula is C16H28N4. The van der Waals surface area contributed by atoms with Crippen molar-refractivity contribution < 1.29 is 0 Å². The molecule has 0 amide bonds. The second-order valence-corrected chi connectivity index (χ2v) is 6.35. The van der Waals surface area contributed by atoms with Gasteiger partial charge in [-0.1, -0.05) is 13.8 Å². The Morgan fingerprint density at radius 2 is 2.20 bits per heavy atom. The minimum atomic E-state index is 0.528. The molecule has 1 aromatic heterocycles. The second kappa shape index (κ2) is 7.04. The fourth-order valence-corrected chi connectivity index (χ4v) is 2.71. The van der Waals surface area contributed by atoms with Crippen molar-refractivity contribution in [2.24, 2.45) is 5.92 Å². The van der Waals surface area contributed by atoms with Crippen molar-refractivity contribution in [3.8, 4) is 0 Å². The number of nitrogens with zero attached hydrogens (tertiary/aromatic N) is 3. The van der Waals surface area contributed by atoms with E-state index in [4.69, 9.17) is 0 Å². The van der Waals surface area contributed by atoms with Crippen LogP contribution in [0.1, 0.15) is 26.3 Å². The zero-order chi connectivity index (χ0) is 14.5. The summed E-state index contributed by atoms with van der Waals surface area (Å²) in [6, 6.07) is 4.87. The van der Waals surface area contributed by atoms with Crippen molar-refractivity contribution in [2.75, 3.05) is 38.1 Å². The zero-order valence-electron chi connectivity index (χ0n) is 13.3. The van der Waals surface area contributed by atoms with Crippen LogP contribution in [0.4, 0.5) is 5.82 Å². The SMILES string of the molecule is CC(C)CNCc1ccnc(N2CCN(C)CC2C)c1. The Labute approximate surface area is 123 Å². The number of anilines is 1. The first-order chi connectivity index (χ1) is 9.56. The summed E-state index contributed by atoms with van der Waals surface area (Å²) >= 11 is 0. The van der Waals surface area contributed by atoms with E-state index in [0.29, 0.717) is 12.0 Å². The molecule has 1 fully saturated rings. The molecule has 1 N–H and O–H groups in total. The van der Waals surface area contributed by atoms with Crippen molar-refractivity contribution >= 4 is 5.82 Å². The summed E-state index contributed by atoms with van der Waals surface area (Å²) in [6.45, 7) is 12.0. The molecule has 1 saturated heterocycles. The van der Waals surface area contributed by atoms with Crippen molar-refractivity contribution in [2.45, 2.75) is 33.4 Å². The molecule has 2 heterocycles. The first-order valence-electron chi connectivity index (χ1n) is 7.67. The van der Waals surface area contributed by atoms with E-state index in [9.17, 15) is 0 Å². The van der Waals surface area contributed by atoms with E-state index in [1.165, 1.54) is 5.56 Å². The largest absolute Gasteiger partial charge is 0.351 e. The highest BCUT2D eigenvalue weighted by Gasteiger charge is 2.22. The van der Waals surface area contributed by atoms with Gasteiger partial charge in [0.05, 0.1) is 0 Å². The maximum atomic E-state index is 4.56. The van der Waals surface area contributed by atoms with Crippen molar-refractivity contribution in [1.29, 1.82) is 0 Å². The lowest BCUT2D eigenvalue weighted by molar-refractivity contribution is 0.274. The first kappa shape index (κ1) is 15.3. The lowest BCUT2D eigenvalue weighted by atomic mass is 10.1. The van der Waals surface area contributed by atoms with Crippen LogP contribution in [-0.4, -0.2) is 49.2 Å². The lowest BCUT2D eigenvalue weighted by Crippen LogP contribution is -2.50. The van der Waals surface area contributed by atoms with Crippen molar-refractivity contribution in [3.63, 3.8) is 0 Å². The summed E-state index contributed by atoms with van der Waals surface area (Å²) in [7, 11) is 2.19. The van der Waals surface area contributed by atoms with Gasteiger partial charge in [-0.25, -0.2) is 4.98 Å². The number of hydrogen-bond acceptors (Lipinski definition) is 4. The van der Waals surface area contributed by atoms with Gasteiger partial charge >= 0.3 is 0 Å². The van der Waals surface area contributed by atoms with E-state index in [1.54, 1.807) is 0 Å². The molecule has 1 aromatic rings. The minimum absolute atomic E-state index is 0.528. The van der Waals surface area contributed by atoms with Gasteiger partial charge in [0, 0.05) is 38.4 Å². The van der Waals surface area contributed by atoms with Gasteiger partial charge in [-0.3, -0.25) is 0 Å². The van der Waals surface area contributed by atoms with Gasteiger partial charge in [-0.2, -0.15) is 0 Å². The highest BCUT2D eigenvalue weighted by atomic mass is 15.3. The number of aromatic nitrogens is 1. The second-order valence-electron chi connectivity index (χ2n) is 6.35. The van der Waals surface area contributed by atoms with Gasteiger partial charge < -0.3 is 15.1 Å². The number of piperazine rings is 1. The topological polar surface area (TPSA) is 31.4 Å². The zero-order valence-corrected chi connectivity index (χ0v) is 13.3. The Bertz CT molecular complexity index is 419. The van der Waals surface area contributed by atoms with Gasteiger partial charge in [-0.05, 0) is 44.1 Å². The van der Waals surface area contributed by atoms with Crippen LogP contribution in [-0.2, 0) is 6.54 Å². The minimum Gasteiger partial charge on any atom is -0.351 e. The Hall–Kier alpha value is -1.13. The summed E-state index contributed by atoms with van der Waals surface area (Å²) in [6.07, 6.45) is 1.94. The Kier molecular flexibility index (Phi) is 5.38. The molecule has 0 aromatic carbocycles. The van der Waals surface area contributed by atoms with Gasteiger partial charge in [0.1, 0.15) is 5.82 Å². The number of rotatable bonds is 5. The monoisotopic (exact) mass is 276 g/mol. The van der Waals surface area contributed by atoms with E-state index >= 15 is 0 Å². The van der Waals surface area contributed by atoms with Crippen LogP contribution < -0.4 is 10.2 Å². The van der Waals surface area contributed by atoms with Gasteiger partial charge in [0.25, 0.3) is 0 Å². The lowest BCUT2D eigenvalue weighted by Gasteiger charge is -2.39. The van der Waals surface area contributed by atoms with Crippen LogP contribution in [0.3, 0.4) is 0 Å². The van der Waals surface area contributed by atoms with Crippen LogP contribution in [0.5, 0.6) is 0 Å². The van der Waals surface area contributed by atoms with Crippen molar-refractivity contribution in [3.05, 3.63) is 23.9 Å². The third-order valence-electron chi connectivity index (χ3n) is 3.82. The smallest absolute Gasteiger partial charge is 0.129 e. The quantitative estimate of drug-likeness (QED) is 0.891. The normalized spacial score (nSPS) is 20.6. The molecule has 0 spiro atoms. The van der Waals surface area contributed by atoms with Crippen LogP contribution in [0.25, 0.3) is 0 Å². The molecular weight excluding hydrogens is 248 g/mol. The average molecular weight is 276 g/mol. The maximum Gasteiger partial charge on any atom is 0.129 e. The summed E-state index contributed by atoms with van der Waals surface area (Å²) in [5.74, 6) is 1.81. The molecule has 20 heavy (non-hydrogen) atoms. The molecule has 0 bridgehead atoms. The number of hydrogen-bond donors (Lipinski definition) is 1. The molecule has 1 unspecified atom stereocenters. The van der Waals surface area contributed by atoms with E-state index < -0.39 is 0 Å². The van der Waals surface area contributed by atoms with E-state index in [0.717, 1.165) is 38.5 Å². The fourth-order valence-electron chi connectivity index (χ4n) is 2.71. The highest BCUT2D eigenvalue weighted by molar-refractivity contribution is 5.42. The number of pyridine rings is 1. The Balaban J connectivity index is 1.98. The maximum absolute atomic E-state index is 4.56. The van der Waals surface area contributed by atoms with Gasteiger partial charge in [0.2, 0.25) is 0 Å². The predicted molar refractivity (Wildman–Crippen MR) is 85.1 cm³/mol. The molecule has 2 rings (SSSR count). The highest BCUT2D eigenvalue weighted by Crippen LogP contribution is 2.18. The molecule has 4 heteroatoms. The summed E-state index contributed by atoms with van der Waals surface area (Å²) in [5, 5.41) is 3.50. The molecule has 112 valence electrons. The fraction of sp³-hybridized carbons (Fsp3) is 0.688.